The summed E-state index contributed by atoms with van der Waals surface area (Å²) in [6.45, 7) is 0. The average Bonchev–Trinajstić information content (AvgIpc) is 2.70. The quantitative estimate of drug-likeness (QED) is 0.891. The normalized spacial score (nSPS) is 10.1. The van der Waals surface area contributed by atoms with Crippen molar-refractivity contribution in [3.8, 4) is 0 Å². The predicted molar refractivity (Wildman–Crippen MR) is 69.7 cm³/mol. The number of halogens is 2. The first-order valence-corrected chi connectivity index (χ1v) is 6.66. The first kappa shape index (κ1) is 11.7. The molecule has 2 rings (SSSR count). The summed E-state index contributed by atoms with van der Waals surface area (Å²) in [5, 5.41) is 10.5. The second kappa shape index (κ2) is 5.03. The molecule has 1 amide bonds. The number of carbonyl (C=O) groups is 1. The molecule has 2 aromatic rings. The summed E-state index contributed by atoms with van der Waals surface area (Å²) in [4.78, 5) is 11.8. The van der Waals surface area contributed by atoms with Crippen LogP contribution in [0.2, 0.25) is 0 Å². The summed E-state index contributed by atoms with van der Waals surface area (Å²) in [6, 6.07) is 5.35. The van der Waals surface area contributed by atoms with Gasteiger partial charge in [0.2, 0.25) is 5.13 Å². The van der Waals surface area contributed by atoms with Crippen LogP contribution in [0.15, 0.2) is 32.7 Å². The number of anilines is 1. The van der Waals surface area contributed by atoms with E-state index in [0.717, 1.165) is 8.95 Å². The number of carbonyl (C=O) groups excluding carboxylic acids is 1. The fraction of sp³-hybridized carbons (Fsp3) is 0. The lowest BCUT2D eigenvalue weighted by Gasteiger charge is -2.03. The predicted octanol–water partition coefficient (Wildman–Crippen LogP) is 3.32. The number of aromatic nitrogens is 2. The molecule has 1 aromatic carbocycles. The molecule has 0 atom stereocenters. The van der Waals surface area contributed by atoms with Crippen LogP contribution >= 0.6 is 43.2 Å². The Balaban J connectivity index is 2.21. The number of nitrogens with one attached hydrogen (secondary N) is 1. The molecule has 82 valence electrons. The Morgan fingerprint density at radius 3 is 2.81 bits per heavy atom. The standard InChI is InChI=1S/C9H5Br2N3OS/c10-5-1-2-6(7(11)3-5)8(15)13-9-14-12-4-16-9/h1-4H,(H,13,14,15). The average molecular weight is 363 g/mol. The molecule has 0 aliphatic carbocycles. The zero-order valence-corrected chi connectivity index (χ0v) is 11.8. The van der Waals surface area contributed by atoms with E-state index in [1.54, 1.807) is 17.6 Å². The van der Waals surface area contributed by atoms with Crippen LogP contribution in [0.25, 0.3) is 0 Å². The van der Waals surface area contributed by atoms with Crippen molar-refractivity contribution in [3.05, 3.63) is 38.2 Å². The molecule has 0 aliphatic heterocycles. The van der Waals surface area contributed by atoms with Gasteiger partial charge in [-0.05, 0) is 34.1 Å². The van der Waals surface area contributed by atoms with E-state index >= 15 is 0 Å². The van der Waals surface area contributed by atoms with E-state index in [1.165, 1.54) is 11.3 Å². The number of hydrogen-bond donors (Lipinski definition) is 1. The molecule has 1 N–H and O–H groups in total. The Morgan fingerprint density at radius 2 is 2.19 bits per heavy atom. The SMILES string of the molecule is O=C(Nc1nncs1)c1ccc(Br)cc1Br. The zero-order chi connectivity index (χ0) is 11.5. The van der Waals surface area contributed by atoms with Gasteiger partial charge in [0.15, 0.2) is 0 Å². The Kier molecular flexibility index (Phi) is 3.67. The van der Waals surface area contributed by atoms with Gasteiger partial charge >= 0.3 is 0 Å². The molecule has 0 aliphatic rings. The molecule has 7 heteroatoms. The van der Waals surface area contributed by atoms with Crippen LogP contribution in [-0.2, 0) is 0 Å². The molecule has 16 heavy (non-hydrogen) atoms. The fourth-order valence-corrected chi connectivity index (χ4v) is 2.73. The number of amides is 1. The minimum Gasteiger partial charge on any atom is -0.296 e. The van der Waals surface area contributed by atoms with Gasteiger partial charge in [0, 0.05) is 8.95 Å². The molecule has 4 nitrogen and oxygen atoms in total. The number of rotatable bonds is 2. The Morgan fingerprint density at radius 1 is 1.38 bits per heavy atom. The molecule has 0 radical (unpaired) electrons. The summed E-state index contributed by atoms with van der Waals surface area (Å²) in [5.41, 5.74) is 2.12. The van der Waals surface area contributed by atoms with Crippen LogP contribution in [0, 0.1) is 0 Å². The minimum absolute atomic E-state index is 0.212. The largest absolute Gasteiger partial charge is 0.296 e. The second-order valence-electron chi connectivity index (χ2n) is 2.82. The van der Waals surface area contributed by atoms with E-state index in [0.29, 0.717) is 10.7 Å². The maximum absolute atomic E-state index is 11.8. The lowest BCUT2D eigenvalue weighted by atomic mass is 10.2. The van der Waals surface area contributed by atoms with Crippen molar-refractivity contribution < 1.29 is 4.79 Å². The van der Waals surface area contributed by atoms with Crippen LogP contribution < -0.4 is 5.32 Å². The second-order valence-corrected chi connectivity index (χ2v) is 5.43. The van der Waals surface area contributed by atoms with Gasteiger partial charge in [0.1, 0.15) is 5.51 Å². The summed E-state index contributed by atoms with van der Waals surface area (Å²) in [7, 11) is 0. The monoisotopic (exact) mass is 361 g/mol. The van der Waals surface area contributed by atoms with Gasteiger partial charge in [-0.1, -0.05) is 27.3 Å². The molecule has 0 fully saturated rings. The number of hydrogen-bond acceptors (Lipinski definition) is 4. The number of benzene rings is 1. The highest BCUT2D eigenvalue weighted by atomic mass is 79.9. The molecule has 0 saturated heterocycles. The van der Waals surface area contributed by atoms with Gasteiger partial charge in [-0.15, -0.1) is 10.2 Å². The molecule has 0 spiro atoms. The van der Waals surface area contributed by atoms with Gasteiger partial charge in [0.25, 0.3) is 5.91 Å². The van der Waals surface area contributed by atoms with Crippen molar-refractivity contribution in [3.63, 3.8) is 0 Å². The zero-order valence-electron chi connectivity index (χ0n) is 7.78. The molecule has 0 bridgehead atoms. The van der Waals surface area contributed by atoms with Crippen LogP contribution in [0.3, 0.4) is 0 Å². The van der Waals surface area contributed by atoms with Crippen LogP contribution in [-0.4, -0.2) is 16.1 Å². The highest BCUT2D eigenvalue weighted by molar-refractivity contribution is 9.11. The highest BCUT2D eigenvalue weighted by Gasteiger charge is 2.11. The summed E-state index contributed by atoms with van der Waals surface area (Å²) in [5.74, 6) is -0.212. The van der Waals surface area contributed by atoms with Gasteiger partial charge in [-0.2, -0.15) is 0 Å². The van der Waals surface area contributed by atoms with Crippen molar-refractivity contribution in [1.29, 1.82) is 0 Å². The van der Waals surface area contributed by atoms with Crippen molar-refractivity contribution in [2.45, 2.75) is 0 Å². The van der Waals surface area contributed by atoms with Crippen LogP contribution in [0.1, 0.15) is 10.4 Å². The number of nitrogens with zero attached hydrogens (tertiary/aromatic N) is 2. The van der Waals surface area contributed by atoms with Crippen LogP contribution in [0.4, 0.5) is 5.13 Å². The molecular formula is C9H5Br2N3OS. The van der Waals surface area contributed by atoms with E-state index in [2.05, 4.69) is 47.4 Å². The minimum atomic E-state index is -0.212. The first-order valence-electron chi connectivity index (χ1n) is 4.19. The first-order chi connectivity index (χ1) is 7.66. The lowest BCUT2D eigenvalue weighted by molar-refractivity contribution is 0.102. The molecule has 0 saturated carbocycles. The molecule has 1 heterocycles. The van der Waals surface area contributed by atoms with Gasteiger partial charge < -0.3 is 0 Å². The van der Waals surface area contributed by atoms with Crippen molar-refractivity contribution in [2.24, 2.45) is 0 Å². The maximum Gasteiger partial charge on any atom is 0.258 e. The third-order valence-corrected chi connectivity index (χ3v) is 3.51. The van der Waals surface area contributed by atoms with E-state index in [4.69, 9.17) is 0 Å². The summed E-state index contributed by atoms with van der Waals surface area (Å²) >= 11 is 7.93. The van der Waals surface area contributed by atoms with Crippen molar-refractivity contribution in [2.75, 3.05) is 5.32 Å². The lowest BCUT2D eigenvalue weighted by Crippen LogP contribution is -2.12. The Hall–Kier alpha value is -0.790. The third kappa shape index (κ3) is 2.66. The van der Waals surface area contributed by atoms with Gasteiger partial charge in [0.05, 0.1) is 5.56 Å². The summed E-state index contributed by atoms with van der Waals surface area (Å²) < 4.78 is 1.63. The Bertz CT molecular complexity index is 515. The topological polar surface area (TPSA) is 54.9 Å². The third-order valence-electron chi connectivity index (χ3n) is 1.76. The van der Waals surface area contributed by atoms with E-state index in [1.807, 2.05) is 6.07 Å². The van der Waals surface area contributed by atoms with Gasteiger partial charge in [-0.3, -0.25) is 10.1 Å². The van der Waals surface area contributed by atoms with Crippen molar-refractivity contribution >= 4 is 54.2 Å². The van der Waals surface area contributed by atoms with E-state index < -0.39 is 0 Å². The van der Waals surface area contributed by atoms with E-state index in [9.17, 15) is 4.79 Å². The summed E-state index contributed by atoms with van der Waals surface area (Å²) in [6.07, 6.45) is 0. The van der Waals surface area contributed by atoms with Crippen molar-refractivity contribution in [1.82, 2.24) is 10.2 Å². The molecule has 1 aromatic heterocycles. The van der Waals surface area contributed by atoms with E-state index in [-0.39, 0.29) is 5.91 Å². The maximum atomic E-state index is 11.8. The van der Waals surface area contributed by atoms with Crippen LogP contribution in [0.5, 0.6) is 0 Å². The molecule has 0 unspecified atom stereocenters. The highest BCUT2D eigenvalue weighted by Crippen LogP contribution is 2.23. The Labute approximate surface area is 112 Å². The fourth-order valence-electron chi connectivity index (χ4n) is 1.07. The molecular weight excluding hydrogens is 358 g/mol. The van der Waals surface area contributed by atoms with Gasteiger partial charge in [-0.25, -0.2) is 0 Å². The smallest absolute Gasteiger partial charge is 0.258 e.